The highest BCUT2D eigenvalue weighted by Gasteiger charge is 2.14. The summed E-state index contributed by atoms with van der Waals surface area (Å²) in [7, 11) is 0. The Bertz CT molecular complexity index is 369. The third-order valence-corrected chi connectivity index (χ3v) is 4.42. The molecule has 0 spiro atoms. The van der Waals surface area contributed by atoms with Crippen LogP contribution in [-0.2, 0) is 6.54 Å². The lowest BCUT2D eigenvalue weighted by Gasteiger charge is -2.11. The first-order valence-corrected chi connectivity index (χ1v) is 7.20. The molecule has 3 N–H and O–H groups in total. The van der Waals surface area contributed by atoms with Crippen molar-refractivity contribution in [2.24, 2.45) is 10.7 Å². The van der Waals surface area contributed by atoms with Crippen molar-refractivity contribution in [3.63, 3.8) is 0 Å². The van der Waals surface area contributed by atoms with Gasteiger partial charge in [-0.25, -0.2) is 4.99 Å². The molecule has 88 valence electrons. The van der Waals surface area contributed by atoms with E-state index in [-0.39, 0.29) is 0 Å². The summed E-state index contributed by atoms with van der Waals surface area (Å²) in [5, 5.41) is 5.34. The van der Waals surface area contributed by atoms with Gasteiger partial charge < -0.3 is 11.1 Å². The van der Waals surface area contributed by atoms with Crippen molar-refractivity contribution in [3.8, 4) is 0 Å². The zero-order valence-corrected chi connectivity index (χ0v) is 11.5. The van der Waals surface area contributed by atoms with Gasteiger partial charge in [-0.1, -0.05) is 12.8 Å². The van der Waals surface area contributed by atoms with Crippen LogP contribution in [0.1, 0.15) is 30.6 Å². The van der Waals surface area contributed by atoms with Gasteiger partial charge in [0.2, 0.25) is 0 Å². The Morgan fingerprint density at radius 1 is 1.56 bits per heavy atom. The third-order valence-electron chi connectivity index (χ3n) is 2.73. The normalized spacial score (nSPS) is 17.9. The van der Waals surface area contributed by atoms with Crippen LogP contribution < -0.4 is 11.1 Å². The summed E-state index contributed by atoms with van der Waals surface area (Å²) < 4.78 is 1.12. The highest BCUT2D eigenvalue weighted by molar-refractivity contribution is 9.10. The number of hydrogen-bond donors (Lipinski definition) is 2. The minimum Gasteiger partial charge on any atom is -0.370 e. The second-order valence-corrected chi connectivity index (χ2v) is 5.97. The van der Waals surface area contributed by atoms with E-state index in [0.29, 0.717) is 18.5 Å². The molecule has 1 aromatic rings. The van der Waals surface area contributed by atoms with Crippen LogP contribution in [0.3, 0.4) is 0 Å². The van der Waals surface area contributed by atoms with E-state index in [0.717, 1.165) is 4.47 Å². The molecule has 2 rings (SSSR count). The van der Waals surface area contributed by atoms with Crippen molar-refractivity contribution in [2.75, 3.05) is 0 Å². The van der Waals surface area contributed by atoms with Crippen molar-refractivity contribution in [1.82, 2.24) is 5.32 Å². The number of hydrogen-bond acceptors (Lipinski definition) is 2. The molecule has 1 aromatic heterocycles. The number of nitrogens with two attached hydrogens (primary N) is 1. The topological polar surface area (TPSA) is 50.4 Å². The number of nitrogens with zero attached hydrogens (tertiary/aromatic N) is 1. The molecule has 5 heteroatoms. The maximum absolute atomic E-state index is 5.84. The highest BCUT2D eigenvalue weighted by atomic mass is 79.9. The number of rotatable bonds is 3. The molecule has 1 saturated carbocycles. The smallest absolute Gasteiger partial charge is 0.189 e. The molecular weight excluding hydrogens is 286 g/mol. The summed E-state index contributed by atoms with van der Waals surface area (Å²) in [6.45, 7) is 0.668. The fourth-order valence-corrected chi connectivity index (χ4v) is 3.30. The van der Waals surface area contributed by atoms with E-state index in [1.807, 2.05) is 0 Å². The zero-order chi connectivity index (χ0) is 11.4. The predicted molar refractivity (Wildman–Crippen MR) is 72.7 cm³/mol. The van der Waals surface area contributed by atoms with Crippen LogP contribution in [0.5, 0.6) is 0 Å². The third kappa shape index (κ3) is 3.49. The molecule has 0 aromatic carbocycles. The lowest BCUT2D eigenvalue weighted by molar-refractivity contribution is 0.625. The van der Waals surface area contributed by atoms with Gasteiger partial charge in [0.05, 0.1) is 6.54 Å². The summed E-state index contributed by atoms with van der Waals surface area (Å²) in [4.78, 5) is 5.57. The predicted octanol–water partition coefficient (Wildman–Crippen LogP) is 2.86. The number of nitrogens with one attached hydrogen (secondary N) is 1. The Morgan fingerprint density at radius 2 is 2.31 bits per heavy atom. The molecule has 0 amide bonds. The molecular formula is C11H16BrN3S. The van der Waals surface area contributed by atoms with Crippen molar-refractivity contribution in [2.45, 2.75) is 38.3 Å². The first-order valence-electron chi connectivity index (χ1n) is 5.53. The maximum Gasteiger partial charge on any atom is 0.189 e. The second kappa shape index (κ2) is 5.68. The molecule has 0 saturated heterocycles. The molecule has 1 aliphatic rings. The Labute approximate surface area is 108 Å². The standard InChI is InChI=1S/C11H16BrN3S/c12-8-5-10(16-7-8)6-14-11(13)15-9-3-1-2-4-9/h5,7,9H,1-4,6H2,(H3,13,14,15). The lowest BCUT2D eigenvalue weighted by atomic mass is 10.2. The molecule has 1 aliphatic carbocycles. The Kier molecular flexibility index (Phi) is 4.23. The summed E-state index contributed by atoms with van der Waals surface area (Å²) in [5.74, 6) is 0.580. The van der Waals surface area contributed by atoms with E-state index in [1.165, 1.54) is 30.6 Å². The summed E-state index contributed by atoms with van der Waals surface area (Å²) >= 11 is 5.12. The average molecular weight is 302 g/mol. The van der Waals surface area contributed by atoms with E-state index in [4.69, 9.17) is 5.73 Å². The highest BCUT2D eigenvalue weighted by Crippen LogP contribution is 2.20. The minimum absolute atomic E-state index is 0.541. The van der Waals surface area contributed by atoms with Gasteiger partial charge >= 0.3 is 0 Å². The fourth-order valence-electron chi connectivity index (χ4n) is 1.92. The van der Waals surface area contributed by atoms with E-state index in [2.05, 4.69) is 37.7 Å². The molecule has 1 fully saturated rings. The van der Waals surface area contributed by atoms with Gasteiger partial charge in [0.1, 0.15) is 0 Å². The zero-order valence-electron chi connectivity index (χ0n) is 9.08. The van der Waals surface area contributed by atoms with E-state index in [1.54, 1.807) is 11.3 Å². The van der Waals surface area contributed by atoms with Gasteiger partial charge in [-0.05, 0) is 34.8 Å². The van der Waals surface area contributed by atoms with Crippen LogP contribution in [0, 0.1) is 0 Å². The van der Waals surface area contributed by atoms with Gasteiger partial charge in [-0.3, -0.25) is 0 Å². The Balaban J connectivity index is 1.81. The van der Waals surface area contributed by atoms with Crippen LogP contribution in [0.25, 0.3) is 0 Å². The quantitative estimate of drug-likeness (QED) is 0.666. The molecule has 0 unspecified atom stereocenters. The van der Waals surface area contributed by atoms with Gasteiger partial charge in [0.25, 0.3) is 0 Å². The first kappa shape index (κ1) is 11.9. The van der Waals surface area contributed by atoms with Gasteiger partial charge in [-0.15, -0.1) is 11.3 Å². The maximum atomic E-state index is 5.84. The molecule has 1 heterocycles. The monoisotopic (exact) mass is 301 g/mol. The van der Waals surface area contributed by atoms with Gasteiger partial charge in [-0.2, -0.15) is 0 Å². The Morgan fingerprint density at radius 3 is 2.94 bits per heavy atom. The van der Waals surface area contributed by atoms with Gasteiger partial charge in [0, 0.05) is 20.8 Å². The number of halogens is 1. The van der Waals surface area contributed by atoms with E-state index >= 15 is 0 Å². The van der Waals surface area contributed by atoms with Crippen LogP contribution in [0.2, 0.25) is 0 Å². The van der Waals surface area contributed by atoms with Crippen molar-refractivity contribution < 1.29 is 0 Å². The number of thiophene rings is 1. The average Bonchev–Trinajstić information content (AvgIpc) is 2.87. The molecule has 3 nitrogen and oxygen atoms in total. The molecule has 0 bridgehead atoms. The van der Waals surface area contributed by atoms with Crippen LogP contribution >= 0.6 is 27.3 Å². The molecule has 0 aliphatic heterocycles. The first-order chi connectivity index (χ1) is 7.74. The Hall–Kier alpha value is -0.550. The fraction of sp³-hybridized carbons (Fsp3) is 0.545. The largest absolute Gasteiger partial charge is 0.370 e. The summed E-state index contributed by atoms with van der Waals surface area (Å²) in [5.41, 5.74) is 5.84. The van der Waals surface area contributed by atoms with Crippen LogP contribution in [0.4, 0.5) is 0 Å². The summed E-state index contributed by atoms with van der Waals surface area (Å²) in [6, 6.07) is 2.62. The number of aliphatic imine (C=N–C) groups is 1. The second-order valence-electron chi connectivity index (χ2n) is 4.06. The van der Waals surface area contributed by atoms with E-state index < -0.39 is 0 Å². The molecule has 0 radical (unpaired) electrons. The number of guanidine groups is 1. The van der Waals surface area contributed by atoms with Crippen molar-refractivity contribution >= 4 is 33.2 Å². The van der Waals surface area contributed by atoms with Crippen LogP contribution in [0.15, 0.2) is 20.9 Å². The molecule has 16 heavy (non-hydrogen) atoms. The summed E-state index contributed by atoms with van der Waals surface area (Å²) in [6.07, 6.45) is 5.06. The SMILES string of the molecule is NC(=NCc1cc(Br)cs1)NC1CCCC1. The van der Waals surface area contributed by atoms with Crippen molar-refractivity contribution in [3.05, 3.63) is 20.8 Å². The van der Waals surface area contributed by atoms with Crippen LogP contribution in [-0.4, -0.2) is 12.0 Å². The van der Waals surface area contributed by atoms with Crippen molar-refractivity contribution in [1.29, 1.82) is 0 Å². The minimum atomic E-state index is 0.541. The molecule has 0 atom stereocenters. The van der Waals surface area contributed by atoms with E-state index in [9.17, 15) is 0 Å². The lowest BCUT2D eigenvalue weighted by Crippen LogP contribution is -2.38. The van der Waals surface area contributed by atoms with Gasteiger partial charge in [0.15, 0.2) is 5.96 Å².